The van der Waals surface area contributed by atoms with Crippen LogP contribution in [-0.2, 0) is 15.8 Å². The van der Waals surface area contributed by atoms with Crippen LogP contribution in [0.15, 0.2) is 54.6 Å². The van der Waals surface area contributed by atoms with Gasteiger partial charge in [0.05, 0.1) is 11.3 Å². The van der Waals surface area contributed by atoms with E-state index in [1.807, 2.05) is 35.2 Å². The average Bonchev–Trinajstić information content (AvgIpc) is 3.03. The van der Waals surface area contributed by atoms with Gasteiger partial charge in [-0.1, -0.05) is 42.5 Å². The van der Waals surface area contributed by atoms with E-state index in [2.05, 4.69) is 5.10 Å². The first-order valence-electron chi connectivity index (χ1n) is 9.05. The third-order valence-electron chi connectivity index (χ3n) is 5.10. The van der Waals surface area contributed by atoms with Crippen LogP contribution in [-0.4, -0.2) is 36.4 Å². The Balaban J connectivity index is 1.74. The molecule has 0 atom stereocenters. The zero-order chi connectivity index (χ0) is 19.1. The molecule has 2 aromatic carbocycles. The maximum Gasteiger partial charge on any atom is 0.258 e. The average molecular weight is 387 g/mol. The predicted octanol–water partition coefficient (Wildman–Crippen LogP) is 3.74. The summed E-state index contributed by atoms with van der Waals surface area (Å²) in [6, 6.07) is 16.4. The highest BCUT2D eigenvalue weighted by molar-refractivity contribution is 7.89. The fraction of sp³-hybridized carbons (Fsp3) is 0.350. The summed E-state index contributed by atoms with van der Waals surface area (Å²) in [7, 11) is -3.68. The van der Waals surface area contributed by atoms with Crippen molar-refractivity contribution in [1.29, 1.82) is 0 Å². The molecule has 0 unspecified atom stereocenters. The molecule has 0 amide bonds. The summed E-state index contributed by atoms with van der Waals surface area (Å²) in [5.41, 5.74) is 0.0932. The molecule has 3 aromatic rings. The Kier molecular flexibility index (Phi) is 4.42. The third-order valence-corrected chi connectivity index (χ3v) is 6.60. The number of alkyl halides is 1. The Hall–Kier alpha value is -2.41. The zero-order valence-electron chi connectivity index (χ0n) is 15.2. The summed E-state index contributed by atoms with van der Waals surface area (Å²) in [5.74, 6) is 0.486. The number of hydrogen-bond donors (Lipinski definition) is 0. The largest absolute Gasteiger partial charge is 0.354 e. The van der Waals surface area contributed by atoms with Crippen LogP contribution in [0.4, 0.5) is 10.2 Å². The molecule has 0 spiro atoms. The van der Waals surface area contributed by atoms with Crippen LogP contribution < -0.4 is 4.90 Å². The zero-order valence-corrected chi connectivity index (χ0v) is 16.0. The number of anilines is 1. The molecule has 0 saturated carbocycles. The molecule has 1 saturated heterocycles. The van der Waals surface area contributed by atoms with Gasteiger partial charge in [-0.15, -0.1) is 5.10 Å². The number of para-hydroxylation sites is 1. The van der Waals surface area contributed by atoms with Crippen molar-refractivity contribution in [2.45, 2.75) is 31.2 Å². The maximum atomic E-state index is 14.2. The smallest absolute Gasteiger partial charge is 0.258 e. The molecule has 27 heavy (non-hydrogen) atoms. The summed E-state index contributed by atoms with van der Waals surface area (Å²) >= 11 is 0. The summed E-state index contributed by atoms with van der Waals surface area (Å²) < 4.78 is 41.4. The number of nitrogens with zero attached hydrogens (tertiary/aromatic N) is 3. The van der Waals surface area contributed by atoms with Crippen LogP contribution in [0.25, 0.3) is 10.9 Å². The lowest BCUT2D eigenvalue weighted by Crippen LogP contribution is -2.40. The van der Waals surface area contributed by atoms with Crippen molar-refractivity contribution in [3.8, 4) is 0 Å². The van der Waals surface area contributed by atoms with Gasteiger partial charge in [0, 0.05) is 18.5 Å². The highest BCUT2D eigenvalue weighted by Crippen LogP contribution is 2.33. The van der Waals surface area contributed by atoms with Crippen LogP contribution >= 0.6 is 0 Å². The van der Waals surface area contributed by atoms with E-state index < -0.39 is 15.7 Å². The molecule has 0 radical (unpaired) electrons. The maximum absolute atomic E-state index is 14.2. The lowest BCUT2D eigenvalue weighted by atomic mass is 9.95. The van der Waals surface area contributed by atoms with Gasteiger partial charge in [0.2, 0.25) is 0 Å². The summed E-state index contributed by atoms with van der Waals surface area (Å²) in [5, 5.41) is 5.24. The Labute approximate surface area is 158 Å². The van der Waals surface area contributed by atoms with E-state index in [1.54, 1.807) is 31.2 Å². The normalized spacial score (nSPS) is 17.3. The summed E-state index contributed by atoms with van der Waals surface area (Å²) in [4.78, 5) is 1.98. The third kappa shape index (κ3) is 3.56. The van der Waals surface area contributed by atoms with E-state index in [9.17, 15) is 12.8 Å². The van der Waals surface area contributed by atoms with Crippen molar-refractivity contribution < 1.29 is 12.8 Å². The highest BCUT2D eigenvalue weighted by atomic mass is 32.2. The predicted molar refractivity (Wildman–Crippen MR) is 105 cm³/mol. The quantitative estimate of drug-likeness (QED) is 0.684. The minimum Gasteiger partial charge on any atom is -0.354 e. The van der Waals surface area contributed by atoms with Gasteiger partial charge in [0.15, 0.2) is 5.82 Å². The van der Waals surface area contributed by atoms with Crippen LogP contribution in [0.1, 0.15) is 25.3 Å². The lowest BCUT2D eigenvalue weighted by molar-refractivity contribution is 0.149. The number of halogens is 1. The SMILES string of the molecule is CC1(F)CCN(c2nn(S(=O)(=O)Cc3ccccc3)c3ccccc23)CC1. The second-order valence-electron chi connectivity index (χ2n) is 7.33. The van der Waals surface area contributed by atoms with E-state index in [-0.39, 0.29) is 5.75 Å². The monoisotopic (exact) mass is 387 g/mol. The Bertz CT molecular complexity index is 1050. The molecule has 1 aliphatic heterocycles. The molecule has 5 nitrogen and oxygen atoms in total. The topological polar surface area (TPSA) is 55.2 Å². The molecule has 0 N–H and O–H groups in total. The standard InChI is InChI=1S/C20H22FN3O2S/c1-20(21)11-13-23(14-12-20)19-17-9-5-6-10-18(17)24(22-19)27(25,26)15-16-7-3-2-4-8-16/h2-10H,11-15H2,1H3. The Morgan fingerprint density at radius 2 is 1.67 bits per heavy atom. The molecular weight excluding hydrogens is 365 g/mol. The van der Waals surface area contributed by atoms with Crippen molar-refractivity contribution in [3.05, 3.63) is 60.2 Å². The number of hydrogen-bond acceptors (Lipinski definition) is 4. The molecule has 7 heteroatoms. The van der Waals surface area contributed by atoms with Gasteiger partial charge in [0.25, 0.3) is 10.0 Å². The summed E-state index contributed by atoms with van der Waals surface area (Å²) in [6.07, 6.45) is 0.815. The second kappa shape index (κ2) is 6.64. The van der Waals surface area contributed by atoms with Gasteiger partial charge in [-0.05, 0) is 37.5 Å². The van der Waals surface area contributed by atoms with Crippen molar-refractivity contribution in [2.24, 2.45) is 0 Å². The van der Waals surface area contributed by atoms with Crippen LogP contribution in [0.2, 0.25) is 0 Å². The van der Waals surface area contributed by atoms with Crippen molar-refractivity contribution in [3.63, 3.8) is 0 Å². The van der Waals surface area contributed by atoms with Crippen molar-refractivity contribution in [2.75, 3.05) is 18.0 Å². The minimum absolute atomic E-state index is 0.124. The molecule has 2 heterocycles. The molecule has 142 valence electrons. The number of piperidine rings is 1. The molecule has 1 aliphatic rings. The van der Waals surface area contributed by atoms with Gasteiger partial charge in [-0.2, -0.15) is 4.09 Å². The molecule has 1 aromatic heterocycles. The molecule has 4 rings (SSSR count). The van der Waals surface area contributed by atoms with Gasteiger partial charge >= 0.3 is 0 Å². The first-order chi connectivity index (χ1) is 12.9. The molecular formula is C20H22FN3O2S. The van der Waals surface area contributed by atoms with Gasteiger partial charge in [-0.3, -0.25) is 0 Å². The Morgan fingerprint density at radius 3 is 2.37 bits per heavy atom. The number of rotatable bonds is 4. The summed E-state index contributed by atoms with van der Waals surface area (Å²) in [6.45, 7) is 2.66. The lowest BCUT2D eigenvalue weighted by Gasteiger charge is -2.34. The number of fused-ring (bicyclic) bond motifs is 1. The number of aromatic nitrogens is 2. The van der Waals surface area contributed by atoms with Crippen molar-refractivity contribution >= 4 is 26.7 Å². The highest BCUT2D eigenvalue weighted by Gasteiger charge is 2.32. The fourth-order valence-corrected chi connectivity index (χ4v) is 4.90. The second-order valence-corrected chi connectivity index (χ2v) is 9.12. The van der Waals surface area contributed by atoms with Gasteiger partial charge < -0.3 is 4.90 Å². The first-order valence-corrected chi connectivity index (χ1v) is 10.7. The van der Waals surface area contributed by atoms with E-state index in [0.717, 1.165) is 9.47 Å². The van der Waals surface area contributed by atoms with Crippen LogP contribution in [0.5, 0.6) is 0 Å². The van der Waals surface area contributed by atoms with E-state index in [4.69, 9.17) is 0 Å². The fourth-order valence-electron chi connectivity index (χ4n) is 3.50. The number of benzene rings is 2. The van der Waals surface area contributed by atoms with E-state index in [0.29, 0.717) is 42.8 Å². The van der Waals surface area contributed by atoms with E-state index >= 15 is 0 Å². The molecule has 0 bridgehead atoms. The molecule has 1 fully saturated rings. The van der Waals surface area contributed by atoms with E-state index in [1.165, 1.54) is 0 Å². The van der Waals surface area contributed by atoms with Gasteiger partial charge in [-0.25, -0.2) is 12.8 Å². The molecule has 0 aliphatic carbocycles. The minimum atomic E-state index is -3.68. The van der Waals surface area contributed by atoms with Crippen LogP contribution in [0, 0.1) is 0 Å². The Morgan fingerprint density at radius 1 is 1.04 bits per heavy atom. The van der Waals surface area contributed by atoms with Crippen molar-refractivity contribution in [1.82, 2.24) is 9.19 Å². The van der Waals surface area contributed by atoms with Gasteiger partial charge in [0.1, 0.15) is 5.67 Å². The van der Waals surface area contributed by atoms with Crippen LogP contribution in [0.3, 0.4) is 0 Å². The first kappa shape index (κ1) is 18.0.